The van der Waals surface area contributed by atoms with E-state index in [4.69, 9.17) is 9.16 Å². The predicted molar refractivity (Wildman–Crippen MR) is 109 cm³/mol. The van der Waals surface area contributed by atoms with Crippen molar-refractivity contribution in [2.45, 2.75) is 58.0 Å². The van der Waals surface area contributed by atoms with Crippen molar-refractivity contribution in [1.82, 2.24) is 4.90 Å². The third-order valence-corrected chi connectivity index (χ3v) is 10.3. The van der Waals surface area contributed by atoms with Crippen LogP contribution in [0.2, 0.25) is 18.1 Å². The molecule has 0 aliphatic carbocycles. The van der Waals surface area contributed by atoms with Crippen LogP contribution in [0.1, 0.15) is 32.8 Å². The van der Waals surface area contributed by atoms with Gasteiger partial charge in [-0.15, -0.1) is 6.58 Å². The molecule has 1 amide bonds. The van der Waals surface area contributed by atoms with Crippen LogP contribution in [0.4, 0.5) is 4.79 Å². The molecule has 26 heavy (non-hydrogen) atoms. The van der Waals surface area contributed by atoms with E-state index in [9.17, 15) is 4.79 Å². The summed E-state index contributed by atoms with van der Waals surface area (Å²) in [5.74, 6) is 0.254. The van der Waals surface area contributed by atoms with Crippen molar-refractivity contribution in [2.75, 3.05) is 13.2 Å². The van der Waals surface area contributed by atoms with Gasteiger partial charge in [0.2, 0.25) is 0 Å². The Morgan fingerprint density at radius 3 is 2.54 bits per heavy atom. The molecule has 0 spiro atoms. The lowest BCUT2D eigenvalue weighted by Gasteiger charge is -2.38. The van der Waals surface area contributed by atoms with Crippen LogP contribution in [0, 0.1) is 5.92 Å². The maximum atomic E-state index is 12.6. The molecule has 0 saturated carbocycles. The molecule has 4 nitrogen and oxygen atoms in total. The molecule has 1 aliphatic rings. The van der Waals surface area contributed by atoms with E-state index in [-0.39, 0.29) is 23.1 Å². The number of nitrogens with zero attached hydrogens (tertiary/aromatic N) is 1. The molecule has 5 heteroatoms. The first-order chi connectivity index (χ1) is 12.2. The van der Waals surface area contributed by atoms with E-state index in [0.717, 1.165) is 12.0 Å². The molecule has 0 radical (unpaired) electrons. The molecule has 1 aromatic rings. The number of hydrogen-bond donors (Lipinski definition) is 0. The Morgan fingerprint density at radius 1 is 1.31 bits per heavy atom. The number of hydrogen-bond acceptors (Lipinski definition) is 3. The Hall–Kier alpha value is -1.59. The Kier molecular flexibility index (Phi) is 6.69. The lowest BCUT2D eigenvalue weighted by Crippen LogP contribution is -2.47. The molecule has 144 valence electrons. The molecule has 1 aliphatic heterocycles. The maximum absolute atomic E-state index is 12.6. The number of carbonyl (C=O) groups is 1. The van der Waals surface area contributed by atoms with Crippen LogP contribution < -0.4 is 0 Å². The molecule has 2 atom stereocenters. The maximum Gasteiger partial charge on any atom is 0.410 e. The van der Waals surface area contributed by atoms with E-state index in [0.29, 0.717) is 19.8 Å². The summed E-state index contributed by atoms with van der Waals surface area (Å²) in [6.45, 7) is 16.6. The van der Waals surface area contributed by atoms with E-state index >= 15 is 0 Å². The van der Waals surface area contributed by atoms with Gasteiger partial charge in [0, 0.05) is 12.5 Å². The zero-order chi connectivity index (χ0) is 19.4. The summed E-state index contributed by atoms with van der Waals surface area (Å²) in [5, 5.41) is 0.147. The van der Waals surface area contributed by atoms with Crippen molar-refractivity contribution < 1.29 is 14.0 Å². The average Bonchev–Trinajstić information content (AvgIpc) is 3.01. The first-order valence-corrected chi connectivity index (χ1v) is 12.3. The lowest BCUT2D eigenvalue weighted by molar-refractivity contribution is 0.0770. The first kappa shape index (κ1) is 20.7. The van der Waals surface area contributed by atoms with Gasteiger partial charge in [-0.05, 0) is 30.1 Å². The SMILES string of the molecule is C=C[C@H]1CCN(C(=O)OCc2ccccc2)[C@@H]1CO[Si](C)(C)C(C)(C)C. The molecular formula is C21H33NO3Si. The van der Waals surface area contributed by atoms with Gasteiger partial charge >= 0.3 is 6.09 Å². The Balaban J connectivity index is 1.99. The largest absolute Gasteiger partial charge is 0.445 e. The van der Waals surface area contributed by atoms with Crippen LogP contribution in [0.3, 0.4) is 0 Å². The fourth-order valence-electron chi connectivity index (χ4n) is 2.91. The molecule has 0 bridgehead atoms. The van der Waals surface area contributed by atoms with Gasteiger partial charge in [-0.1, -0.05) is 57.2 Å². The molecule has 0 N–H and O–H groups in total. The molecule has 0 unspecified atom stereocenters. The van der Waals surface area contributed by atoms with Crippen LogP contribution in [0.5, 0.6) is 0 Å². The number of rotatable bonds is 6. The minimum absolute atomic E-state index is 0.00454. The highest BCUT2D eigenvalue weighted by atomic mass is 28.4. The standard InChI is InChI=1S/C21H33NO3Si/c1-7-18-13-14-22(19(18)16-25-26(5,6)21(2,3)4)20(23)24-15-17-11-9-8-10-12-17/h7-12,18-19H,1,13-16H2,2-6H3/t18-,19+/m0/s1. The summed E-state index contributed by atoms with van der Waals surface area (Å²) in [7, 11) is -1.86. The third-order valence-electron chi connectivity index (χ3n) is 5.76. The third kappa shape index (κ3) is 4.98. The summed E-state index contributed by atoms with van der Waals surface area (Å²) < 4.78 is 11.9. The number of carbonyl (C=O) groups excluding carboxylic acids is 1. The van der Waals surface area contributed by atoms with Gasteiger partial charge in [-0.3, -0.25) is 0 Å². The van der Waals surface area contributed by atoms with Crippen molar-refractivity contribution in [3.8, 4) is 0 Å². The molecule has 0 aromatic heterocycles. The topological polar surface area (TPSA) is 38.8 Å². The summed E-state index contributed by atoms with van der Waals surface area (Å²) in [6, 6.07) is 9.77. The summed E-state index contributed by atoms with van der Waals surface area (Å²) >= 11 is 0. The Bertz CT molecular complexity index is 609. The van der Waals surface area contributed by atoms with Crippen molar-refractivity contribution in [3.63, 3.8) is 0 Å². The van der Waals surface area contributed by atoms with E-state index < -0.39 is 8.32 Å². The highest BCUT2D eigenvalue weighted by Crippen LogP contribution is 2.37. The monoisotopic (exact) mass is 375 g/mol. The minimum atomic E-state index is -1.86. The fraction of sp³-hybridized carbons (Fsp3) is 0.571. The smallest absolute Gasteiger partial charge is 0.410 e. The van der Waals surface area contributed by atoms with Crippen molar-refractivity contribution >= 4 is 14.4 Å². The zero-order valence-corrected chi connectivity index (χ0v) is 17.8. The predicted octanol–water partition coefficient (Wildman–Crippen LogP) is 5.22. The van der Waals surface area contributed by atoms with Gasteiger partial charge in [0.15, 0.2) is 8.32 Å². The quantitative estimate of drug-likeness (QED) is 0.505. The number of ether oxygens (including phenoxy) is 1. The highest BCUT2D eigenvalue weighted by Gasteiger charge is 2.41. The van der Waals surface area contributed by atoms with Gasteiger partial charge in [0.05, 0.1) is 12.6 Å². The van der Waals surface area contributed by atoms with Crippen LogP contribution in [-0.4, -0.2) is 38.5 Å². The second kappa shape index (κ2) is 8.40. The highest BCUT2D eigenvalue weighted by molar-refractivity contribution is 6.74. The summed E-state index contributed by atoms with van der Waals surface area (Å²) in [4.78, 5) is 14.5. The Labute approximate surface area is 159 Å². The fourth-order valence-corrected chi connectivity index (χ4v) is 3.93. The molecular weight excluding hydrogens is 342 g/mol. The molecule has 2 rings (SSSR count). The van der Waals surface area contributed by atoms with Crippen molar-refractivity contribution in [1.29, 1.82) is 0 Å². The first-order valence-electron chi connectivity index (χ1n) is 9.39. The normalized spacial score (nSPS) is 20.9. The van der Waals surface area contributed by atoms with Gasteiger partial charge in [-0.2, -0.15) is 0 Å². The van der Waals surface area contributed by atoms with Crippen LogP contribution in [0.15, 0.2) is 43.0 Å². The van der Waals surface area contributed by atoms with Crippen LogP contribution in [-0.2, 0) is 15.8 Å². The van der Waals surface area contributed by atoms with E-state index in [2.05, 4.69) is 40.4 Å². The average molecular weight is 376 g/mol. The van der Waals surface area contributed by atoms with Gasteiger partial charge in [-0.25, -0.2) is 4.79 Å². The van der Waals surface area contributed by atoms with Gasteiger partial charge < -0.3 is 14.1 Å². The van der Waals surface area contributed by atoms with Crippen LogP contribution in [0.25, 0.3) is 0 Å². The molecule has 1 saturated heterocycles. The summed E-state index contributed by atoms with van der Waals surface area (Å²) in [5.41, 5.74) is 0.995. The van der Waals surface area contributed by atoms with E-state index in [1.807, 2.05) is 41.3 Å². The van der Waals surface area contributed by atoms with Gasteiger partial charge in [0.1, 0.15) is 6.61 Å². The van der Waals surface area contributed by atoms with Crippen molar-refractivity contribution in [3.05, 3.63) is 48.6 Å². The minimum Gasteiger partial charge on any atom is -0.445 e. The van der Waals surface area contributed by atoms with E-state index in [1.165, 1.54) is 0 Å². The number of amides is 1. The zero-order valence-electron chi connectivity index (χ0n) is 16.8. The van der Waals surface area contributed by atoms with Crippen LogP contribution >= 0.6 is 0 Å². The van der Waals surface area contributed by atoms with E-state index in [1.54, 1.807) is 0 Å². The molecule has 1 fully saturated rings. The summed E-state index contributed by atoms with van der Waals surface area (Å²) in [6.07, 6.45) is 2.60. The number of likely N-dealkylation sites (tertiary alicyclic amines) is 1. The second-order valence-corrected chi connectivity index (χ2v) is 13.4. The molecule has 1 heterocycles. The Morgan fingerprint density at radius 2 is 1.96 bits per heavy atom. The second-order valence-electron chi connectivity index (χ2n) is 8.56. The number of benzene rings is 1. The van der Waals surface area contributed by atoms with Gasteiger partial charge in [0.25, 0.3) is 0 Å². The molecule has 1 aromatic carbocycles. The lowest BCUT2D eigenvalue weighted by atomic mass is 10.0. The van der Waals surface area contributed by atoms with Crippen molar-refractivity contribution in [2.24, 2.45) is 5.92 Å².